The molecule has 0 amide bonds. The Morgan fingerprint density at radius 2 is 1.81 bits per heavy atom. The van der Waals surface area contributed by atoms with Gasteiger partial charge >= 0.3 is 0 Å². The third-order valence-electron chi connectivity index (χ3n) is 4.33. The molecule has 0 unspecified atom stereocenters. The van der Waals surface area contributed by atoms with Crippen LogP contribution in [0.1, 0.15) is 29.8 Å². The lowest BCUT2D eigenvalue weighted by Gasteiger charge is -2.20. The molecule has 0 atom stereocenters. The van der Waals surface area contributed by atoms with Gasteiger partial charge in [-0.2, -0.15) is 5.26 Å². The van der Waals surface area contributed by atoms with Gasteiger partial charge in [0.2, 0.25) is 12.6 Å². The lowest BCUT2D eigenvalue weighted by Crippen LogP contribution is -2.21. The summed E-state index contributed by atoms with van der Waals surface area (Å²) in [6.45, 7) is 6.21. The highest BCUT2D eigenvalue weighted by Crippen LogP contribution is 2.33. The molecular weight excluding hydrogens is 328 g/mol. The Kier molecular flexibility index (Phi) is 5.23. The van der Waals surface area contributed by atoms with Gasteiger partial charge < -0.3 is 14.4 Å². The number of anilines is 1. The Balaban J connectivity index is 1.84. The van der Waals surface area contributed by atoms with E-state index in [1.54, 1.807) is 24.3 Å². The highest BCUT2D eigenvalue weighted by Gasteiger charge is 2.18. The summed E-state index contributed by atoms with van der Waals surface area (Å²) in [7, 11) is 0. The van der Waals surface area contributed by atoms with Crippen LogP contribution in [-0.4, -0.2) is 25.7 Å². The van der Waals surface area contributed by atoms with E-state index in [-0.39, 0.29) is 18.1 Å². The molecule has 0 N–H and O–H groups in total. The van der Waals surface area contributed by atoms with Gasteiger partial charge in [0.25, 0.3) is 0 Å². The van der Waals surface area contributed by atoms with E-state index in [9.17, 15) is 10.1 Å². The van der Waals surface area contributed by atoms with Gasteiger partial charge in [-0.1, -0.05) is 12.1 Å². The van der Waals surface area contributed by atoms with E-state index >= 15 is 0 Å². The van der Waals surface area contributed by atoms with Gasteiger partial charge in [-0.05, 0) is 55.8 Å². The van der Waals surface area contributed by atoms with Crippen LogP contribution < -0.4 is 14.4 Å². The molecule has 0 saturated heterocycles. The maximum absolute atomic E-state index is 12.7. The van der Waals surface area contributed by atoms with Crippen molar-refractivity contribution in [2.75, 3.05) is 24.8 Å². The molecule has 5 heteroatoms. The van der Waals surface area contributed by atoms with E-state index in [2.05, 4.69) is 18.7 Å². The number of benzene rings is 2. The van der Waals surface area contributed by atoms with Crippen molar-refractivity contribution in [3.63, 3.8) is 0 Å². The van der Waals surface area contributed by atoms with Crippen molar-refractivity contribution < 1.29 is 14.3 Å². The van der Waals surface area contributed by atoms with Gasteiger partial charge in [0.05, 0.1) is 0 Å². The summed E-state index contributed by atoms with van der Waals surface area (Å²) >= 11 is 0. The topological polar surface area (TPSA) is 62.6 Å². The molecule has 0 fully saturated rings. The fourth-order valence-electron chi connectivity index (χ4n) is 2.88. The number of rotatable bonds is 6. The molecule has 1 aliphatic heterocycles. The zero-order valence-corrected chi connectivity index (χ0v) is 14.9. The number of Topliss-reactive ketones (excluding diaryl/α,β-unsaturated/α-hetero) is 1. The van der Waals surface area contributed by atoms with Gasteiger partial charge in [-0.15, -0.1) is 0 Å². The number of allylic oxidation sites excluding steroid dienone is 1. The molecule has 0 spiro atoms. The van der Waals surface area contributed by atoms with Crippen LogP contribution in [0.15, 0.2) is 48.0 Å². The lowest BCUT2D eigenvalue weighted by molar-refractivity contribution is 0.103. The van der Waals surface area contributed by atoms with Gasteiger partial charge in [-0.3, -0.25) is 4.79 Å². The minimum Gasteiger partial charge on any atom is -0.454 e. The molecule has 1 heterocycles. The SMILES string of the molecule is CCN(CC)c1ccc(/C=C(\C#N)C(=O)c2ccc3c(c2)OCO3)cc1. The van der Waals surface area contributed by atoms with E-state index in [1.165, 1.54) is 0 Å². The largest absolute Gasteiger partial charge is 0.454 e. The molecule has 0 aliphatic carbocycles. The van der Waals surface area contributed by atoms with Crippen molar-refractivity contribution in [3.05, 3.63) is 59.2 Å². The van der Waals surface area contributed by atoms with Gasteiger partial charge in [-0.25, -0.2) is 0 Å². The first-order valence-corrected chi connectivity index (χ1v) is 8.57. The Labute approximate surface area is 153 Å². The second kappa shape index (κ2) is 7.75. The van der Waals surface area contributed by atoms with Crippen molar-refractivity contribution >= 4 is 17.5 Å². The molecule has 3 rings (SSSR count). The molecule has 1 aliphatic rings. The van der Waals surface area contributed by atoms with Crippen molar-refractivity contribution in [2.45, 2.75) is 13.8 Å². The van der Waals surface area contributed by atoms with Crippen LogP contribution in [-0.2, 0) is 0 Å². The number of fused-ring (bicyclic) bond motifs is 1. The number of hydrogen-bond acceptors (Lipinski definition) is 5. The number of nitriles is 1. The van der Waals surface area contributed by atoms with Crippen molar-refractivity contribution in [3.8, 4) is 17.6 Å². The summed E-state index contributed by atoms with van der Waals surface area (Å²) < 4.78 is 10.5. The monoisotopic (exact) mass is 348 g/mol. The first-order chi connectivity index (χ1) is 12.7. The van der Waals surface area contributed by atoms with Crippen LogP contribution in [0.2, 0.25) is 0 Å². The van der Waals surface area contributed by atoms with Crippen LogP contribution in [0, 0.1) is 11.3 Å². The Morgan fingerprint density at radius 1 is 1.12 bits per heavy atom. The third kappa shape index (κ3) is 3.55. The maximum Gasteiger partial charge on any atom is 0.231 e. The minimum atomic E-state index is -0.335. The quantitative estimate of drug-likeness (QED) is 0.448. The van der Waals surface area contributed by atoms with Crippen LogP contribution in [0.4, 0.5) is 5.69 Å². The predicted molar refractivity (Wildman–Crippen MR) is 100 cm³/mol. The van der Waals surface area contributed by atoms with Crippen LogP contribution in [0.3, 0.4) is 0 Å². The summed E-state index contributed by atoms with van der Waals surface area (Å²) in [5, 5.41) is 9.43. The van der Waals surface area contributed by atoms with E-state index in [0.29, 0.717) is 17.1 Å². The highest BCUT2D eigenvalue weighted by atomic mass is 16.7. The normalized spacial score (nSPS) is 12.6. The van der Waals surface area contributed by atoms with Gasteiger partial charge in [0.15, 0.2) is 11.5 Å². The molecule has 26 heavy (non-hydrogen) atoms. The zero-order chi connectivity index (χ0) is 18.5. The first-order valence-electron chi connectivity index (χ1n) is 8.57. The predicted octanol–water partition coefficient (Wildman–Crippen LogP) is 4.05. The smallest absolute Gasteiger partial charge is 0.231 e. The number of hydrogen-bond donors (Lipinski definition) is 0. The van der Waals surface area contributed by atoms with E-state index < -0.39 is 0 Å². The van der Waals surface area contributed by atoms with Gasteiger partial charge in [0.1, 0.15) is 11.6 Å². The Hall–Kier alpha value is -3.26. The summed E-state index contributed by atoms with van der Waals surface area (Å²) in [4.78, 5) is 14.9. The van der Waals surface area contributed by atoms with E-state index in [1.807, 2.05) is 30.3 Å². The van der Waals surface area contributed by atoms with E-state index in [4.69, 9.17) is 9.47 Å². The molecule has 0 bridgehead atoms. The fraction of sp³-hybridized carbons (Fsp3) is 0.238. The maximum atomic E-state index is 12.7. The number of carbonyl (C=O) groups excluding carboxylic acids is 1. The average Bonchev–Trinajstić information content (AvgIpc) is 3.15. The van der Waals surface area contributed by atoms with Crippen molar-refractivity contribution in [1.82, 2.24) is 0 Å². The zero-order valence-electron chi connectivity index (χ0n) is 14.9. The highest BCUT2D eigenvalue weighted by molar-refractivity contribution is 6.14. The summed E-state index contributed by atoms with van der Waals surface area (Å²) in [6.07, 6.45) is 1.61. The minimum absolute atomic E-state index is 0.0828. The van der Waals surface area contributed by atoms with E-state index in [0.717, 1.165) is 24.3 Å². The van der Waals surface area contributed by atoms with Crippen molar-refractivity contribution in [1.29, 1.82) is 5.26 Å². The van der Waals surface area contributed by atoms with Crippen LogP contribution >= 0.6 is 0 Å². The number of nitrogens with zero attached hydrogens (tertiary/aromatic N) is 2. The molecule has 0 aromatic heterocycles. The standard InChI is InChI=1S/C21H20N2O3/c1-3-23(4-2)18-8-5-15(6-9-18)11-17(13-22)21(24)16-7-10-19-20(12-16)26-14-25-19/h5-12H,3-4,14H2,1-2H3/b17-11+. The molecule has 132 valence electrons. The second-order valence-electron chi connectivity index (χ2n) is 5.83. The lowest BCUT2D eigenvalue weighted by atomic mass is 10.0. The van der Waals surface area contributed by atoms with Crippen LogP contribution in [0.25, 0.3) is 6.08 Å². The Morgan fingerprint density at radius 3 is 2.46 bits per heavy atom. The van der Waals surface area contributed by atoms with Crippen molar-refractivity contribution in [2.24, 2.45) is 0 Å². The second-order valence-corrected chi connectivity index (χ2v) is 5.83. The average molecular weight is 348 g/mol. The molecule has 2 aromatic carbocycles. The Bertz CT molecular complexity index is 875. The molecule has 0 saturated carbocycles. The molecule has 0 radical (unpaired) electrons. The third-order valence-corrected chi connectivity index (χ3v) is 4.33. The fourth-order valence-corrected chi connectivity index (χ4v) is 2.88. The van der Waals surface area contributed by atoms with Crippen LogP contribution in [0.5, 0.6) is 11.5 Å². The van der Waals surface area contributed by atoms with Gasteiger partial charge in [0, 0.05) is 24.3 Å². The molecular formula is C21H20N2O3. The number of ketones is 1. The summed E-state index contributed by atoms with van der Waals surface area (Å²) in [6, 6.07) is 14.8. The summed E-state index contributed by atoms with van der Waals surface area (Å²) in [5.41, 5.74) is 2.42. The molecule has 5 nitrogen and oxygen atoms in total. The number of carbonyl (C=O) groups is 1. The summed E-state index contributed by atoms with van der Waals surface area (Å²) in [5.74, 6) is 0.798. The first kappa shape index (κ1) is 17.6. The molecule has 2 aromatic rings. The number of ether oxygens (including phenoxy) is 2.